The molecule has 7 nitrogen and oxygen atoms in total. The van der Waals surface area contributed by atoms with Gasteiger partial charge >= 0.3 is 12.0 Å². The van der Waals surface area contributed by atoms with Crippen LogP contribution in [0.15, 0.2) is 51.6 Å². The monoisotopic (exact) mass is 394 g/mol. The summed E-state index contributed by atoms with van der Waals surface area (Å²) < 4.78 is 10.8. The van der Waals surface area contributed by atoms with E-state index in [2.05, 4.69) is 26.6 Å². The van der Waals surface area contributed by atoms with Crippen molar-refractivity contribution >= 4 is 33.8 Å². The van der Waals surface area contributed by atoms with E-state index in [1.807, 2.05) is 0 Å². The van der Waals surface area contributed by atoms with E-state index in [0.29, 0.717) is 5.76 Å². The number of imide groups is 1. The van der Waals surface area contributed by atoms with Crippen molar-refractivity contribution in [1.82, 2.24) is 10.6 Å². The second kappa shape index (κ2) is 8.88. The Balaban J connectivity index is 1.65. The molecule has 3 amide bonds. The summed E-state index contributed by atoms with van der Waals surface area (Å²) in [5, 5.41) is 4.49. The number of hydrogen-bond donors (Lipinski definition) is 2. The van der Waals surface area contributed by atoms with Gasteiger partial charge in [-0.2, -0.15) is 0 Å². The summed E-state index contributed by atoms with van der Waals surface area (Å²) in [5.74, 6) is -0.710. The van der Waals surface area contributed by atoms with Crippen LogP contribution in [-0.4, -0.2) is 24.5 Å². The number of benzene rings is 1. The lowest BCUT2D eigenvalue weighted by Crippen LogP contribution is -2.41. The molecule has 0 saturated carbocycles. The van der Waals surface area contributed by atoms with Gasteiger partial charge in [0.15, 0.2) is 6.61 Å². The first-order chi connectivity index (χ1) is 11.5. The van der Waals surface area contributed by atoms with Crippen LogP contribution in [0.1, 0.15) is 11.3 Å². The van der Waals surface area contributed by atoms with Gasteiger partial charge in [-0.25, -0.2) is 4.79 Å². The number of carbonyl (C=O) groups is 3. The molecule has 0 saturated heterocycles. The number of urea groups is 1. The third-order valence-corrected chi connectivity index (χ3v) is 3.41. The van der Waals surface area contributed by atoms with Crippen LogP contribution in [0.4, 0.5) is 4.79 Å². The van der Waals surface area contributed by atoms with Gasteiger partial charge in [-0.15, -0.1) is 0 Å². The molecule has 24 heavy (non-hydrogen) atoms. The average Bonchev–Trinajstić information content (AvgIpc) is 3.07. The smallest absolute Gasteiger partial charge is 0.321 e. The molecule has 0 unspecified atom stereocenters. The van der Waals surface area contributed by atoms with Crippen LogP contribution in [-0.2, 0) is 27.3 Å². The molecule has 0 aliphatic rings. The minimum atomic E-state index is -0.712. The normalized spacial score (nSPS) is 10.0. The van der Waals surface area contributed by atoms with Crippen LogP contribution < -0.4 is 10.6 Å². The van der Waals surface area contributed by atoms with Gasteiger partial charge in [0.1, 0.15) is 5.76 Å². The van der Waals surface area contributed by atoms with Crippen molar-refractivity contribution < 1.29 is 23.5 Å². The second-order valence-corrected chi connectivity index (χ2v) is 5.69. The quantitative estimate of drug-likeness (QED) is 0.731. The van der Waals surface area contributed by atoms with Crippen molar-refractivity contribution in [2.24, 2.45) is 0 Å². The van der Waals surface area contributed by atoms with Crippen molar-refractivity contribution in [2.75, 3.05) is 6.61 Å². The zero-order valence-electron chi connectivity index (χ0n) is 12.6. The molecule has 8 heteroatoms. The van der Waals surface area contributed by atoms with Crippen LogP contribution in [0, 0.1) is 0 Å². The summed E-state index contributed by atoms with van der Waals surface area (Å²) in [6, 6.07) is 9.83. The molecule has 0 aliphatic heterocycles. The molecule has 0 aliphatic carbocycles. The molecule has 0 spiro atoms. The van der Waals surface area contributed by atoms with Crippen LogP contribution in [0.25, 0.3) is 0 Å². The molecule has 1 aromatic carbocycles. The highest BCUT2D eigenvalue weighted by molar-refractivity contribution is 9.10. The largest absolute Gasteiger partial charge is 0.467 e. The summed E-state index contributed by atoms with van der Waals surface area (Å²) in [4.78, 5) is 34.7. The highest BCUT2D eigenvalue weighted by Crippen LogP contribution is 2.11. The van der Waals surface area contributed by atoms with Crippen LogP contribution in [0.3, 0.4) is 0 Å². The Morgan fingerprint density at radius 1 is 1.12 bits per heavy atom. The highest BCUT2D eigenvalue weighted by Gasteiger charge is 2.11. The third kappa shape index (κ3) is 6.25. The first kappa shape index (κ1) is 17.7. The van der Waals surface area contributed by atoms with E-state index in [1.54, 1.807) is 36.4 Å². The Kier molecular flexibility index (Phi) is 6.56. The molecule has 0 bridgehead atoms. The lowest BCUT2D eigenvalue weighted by molar-refractivity contribution is -0.147. The van der Waals surface area contributed by atoms with Gasteiger partial charge < -0.3 is 14.5 Å². The molecule has 2 N–H and O–H groups in total. The number of carbonyl (C=O) groups excluding carboxylic acids is 3. The summed E-state index contributed by atoms with van der Waals surface area (Å²) >= 11 is 3.30. The van der Waals surface area contributed by atoms with Crippen LogP contribution in [0.2, 0.25) is 0 Å². The minimum absolute atomic E-state index is 0.0469. The van der Waals surface area contributed by atoms with E-state index in [4.69, 9.17) is 9.15 Å². The molecule has 0 atom stereocenters. The number of furan rings is 1. The minimum Gasteiger partial charge on any atom is -0.467 e. The van der Waals surface area contributed by atoms with E-state index in [-0.39, 0.29) is 13.0 Å². The topological polar surface area (TPSA) is 97.6 Å². The van der Waals surface area contributed by atoms with Crippen molar-refractivity contribution in [3.63, 3.8) is 0 Å². The van der Waals surface area contributed by atoms with Crippen molar-refractivity contribution in [3.8, 4) is 0 Å². The summed E-state index contributed by atoms with van der Waals surface area (Å²) in [6.07, 6.45) is 1.52. The number of hydrogen-bond acceptors (Lipinski definition) is 5. The third-order valence-electron chi connectivity index (χ3n) is 2.88. The van der Waals surface area contributed by atoms with Crippen LogP contribution >= 0.6 is 15.9 Å². The van der Waals surface area contributed by atoms with E-state index in [1.165, 1.54) is 6.26 Å². The Morgan fingerprint density at radius 2 is 1.88 bits per heavy atom. The first-order valence-corrected chi connectivity index (χ1v) is 7.82. The van der Waals surface area contributed by atoms with Gasteiger partial charge in [0.2, 0.25) is 0 Å². The number of halogens is 1. The molecule has 2 rings (SSSR count). The fraction of sp³-hybridized carbons (Fsp3) is 0.188. The predicted octanol–water partition coefficient (Wildman–Crippen LogP) is 2.15. The van der Waals surface area contributed by atoms with Crippen molar-refractivity contribution in [3.05, 3.63) is 58.5 Å². The van der Waals surface area contributed by atoms with Gasteiger partial charge in [0, 0.05) is 4.47 Å². The van der Waals surface area contributed by atoms with Gasteiger partial charge in [0.05, 0.1) is 19.2 Å². The highest BCUT2D eigenvalue weighted by atomic mass is 79.9. The molecule has 0 radical (unpaired) electrons. The van der Waals surface area contributed by atoms with Gasteiger partial charge in [-0.1, -0.05) is 28.1 Å². The Hall–Kier alpha value is -2.61. The molecular formula is C16H15BrN2O5. The fourth-order valence-corrected chi connectivity index (χ4v) is 2.02. The molecule has 1 heterocycles. The molecule has 0 fully saturated rings. The maximum atomic E-state index is 11.6. The van der Waals surface area contributed by atoms with Crippen LogP contribution in [0.5, 0.6) is 0 Å². The van der Waals surface area contributed by atoms with Crippen molar-refractivity contribution in [2.45, 2.75) is 13.0 Å². The second-order valence-electron chi connectivity index (χ2n) is 4.77. The lowest BCUT2D eigenvalue weighted by Gasteiger charge is -2.07. The molecular weight excluding hydrogens is 380 g/mol. The Bertz CT molecular complexity index is 698. The van der Waals surface area contributed by atoms with E-state index < -0.39 is 24.5 Å². The number of nitrogens with one attached hydrogen (secondary N) is 2. The zero-order valence-corrected chi connectivity index (χ0v) is 14.2. The predicted molar refractivity (Wildman–Crippen MR) is 87.9 cm³/mol. The fourth-order valence-electron chi connectivity index (χ4n) is 1.75. The molecule has 126 valence electrons. The maximum absolute atomic E-state index is 11.6. The maximum Gasteiger partial charge on any atom is 0.321 e. The first-order valence-electron chi connectivity index (χ1n) is 7.03. The number of rotatable bonds is 6. The SMILES string of the molecule is O=C(COC(=O)Cc1ccc(Br)cc1)NC(=O)NCc1ccco1. The number of amides is 3. The van der Waals surface area contributed by atoms with Gasteiger partial charge in [0.25, 0.3) is 5.91 Å². The zero-order chi connectivity index (χ0) is 17.4. The van der Waals surface area contributed by atoms with Gasteiger partial charge in [-0.3, -0.25) is 14.9 Å². The number of ether oxygens (including phenoxy) is 1. The van der Waals surface area contributed by atoms with E-state index >= 15 is 0 Å². The van der Waals surface area contributed by atoms with Crippen molar-refractivity contribution in [1.29, 1.82) is 0 Å². The van der Waals surface area contributed by atoms with E-state index in [9.17, 15) is 14.4 Å². The summed E-state index contributed by atoms with van der Waals surface area (Å²) in [6.45, 7) is -0.376. The summed E-state index contributed by atoms with van der Waals surface area (Å²) in [5.41, 5.74) is 0.764. The average molecular weight is 395 g/mol. The Morgan fingerprint density at radius 3 is 2.54 bits per heavy atom. The lowest BCUT2D eigenvalue weighted by atomic mass is 10.2. The number of esters is 1. The molecule has 1 aromatic heterocycles. The summed E-state index contributed by atoms with van der Waals surface area (Å²) in [7, 11) is 0. The van der Waals surface area contributed by atoms with E-state index in [0.717, 1.165) is 10.0 Å². The molecule has 2 aromatic rings. The van der Waals surface area contributed by atoms with Gasteiger partial charge in [-0.05, 0) is 29.8 Å². The standard InChI is InChI=1S/C16H15BrN2O5/c17-12-5-3-11(4-6-12)8-15(21)24-10-14(20)19-16(22)18-9-13-2-1-7-23-13/h1-7H,8-10H2,(H2,18,19,20,22). The Labute approximate surface area is 146 Å².